The van der Waals surface area contributed by atoms with E-state index >= 15 is 0 Å². The van der Waals surface area contributed by atoms with E-state index in [-0.39, 0.29) is 18.0 Å². The fourth-order valence-electron chi connectivity index (χ4n) is 1.79. The number of likely N-dealkylation sites (N-methyl/N-ethyl adjacent to an activating group) is 2. The zero-order valence-electron chi connectivity index (χ0n) is 11.6. The second-order valence-corrected chi connectivity index (χ2v) is 4.90. The Bertz CT molecular complexity index is 266. The van der Waals surface area contributed by atoms with Crippen molar-refractivity contribution < 1.29 is 4.79 Å². The summed E-state index contributed by atoms with van der Waals surface area (Å²) in [6.45, 7) is 9.44. The van der Waals surface area contributed by atoms with Crippen LogP contribution >= 0.6 is 12.2 Å². The molecule has 0 rings (SSSR count). The number of nitrogens with two attached hydrogens (primary N) is 1. The standard InChI is InChI=1S/C12H25N3OS/c1-6-15(7-2)12(16)10(4)14(5)9(3)8-11(13)17/h9-10H,6-8H2,1-5H3,(H2,13,17). The molecule has 0 aromatic heterocycles. The number of amides is 1. The molecule has 0 bridgehead atoms. The highest BCUT2D eigenvalue weighted by Crippen LogP contribution is 2.09. The Labute approximate surface area is 110 Å². The minimum absolute atomic E-state index is 0.140. The second-order valence-electron chi connectivity index (χ2n) is 4.37. The van der Waals surface area contributed by atoms with E-state index in [1.807, 2.05) is 44.5 Å². The van der Waals surface area contributed by atoms with Crippen molar-refractivity contribution in [2.75, 3.05) is 20.1 Å². The van der Waals surface area contributed by atoms with Crippen LogP contribution in [0.5, 0.6) is 0 Å². The highest BCUT2D eigenvalue weighted by molar-refractivity contribution is 7.80. The van der Waals surface area contributed by atoms with Gasteiger partial charge in [-0.3, -0.25) is 9.69 Å². The van der Waals surface area contributed by atoms with Crippen LogP contribution in [-0.2, 0) is 4.79 Å². The Kier molecular flexibility index (Phi) is 7.30. The molecular weight excluding hydrogens is 234 g/mol. The van der Waals surface area contributed by atoms with Gasteiger partial charge in [0.25, 0.3) is 0 Å². The summed E-state index contributed by atoms with van der Waals surface area (Å²) in [7, 11) is 1.94. The predicted molar refractivity (Wildman–Crippen MR) is 76.0 cm³/mol. The third kappa shape index (κ3) is 5.00. The zero-order valence-corrected chi connectivity index (χ0v) is 12.4. The molecule has 0 aliphatic heterocycles. The number of rotatable bonds is 7. The van der Waals surface area contributed by atoms with Gasteiger partial charge in [-0.1, -0.05) is 12.2 Å². The number of hydrogen-bond acceptors (Lipinski definition) is 3. The summed E-state index contributed by atoms with van der Waals surface area (Å²) in [5.74, 6) is 0.160. The Morgan fingerprint density at radius 1 is 1.29 bits per heavy atom. The van der Waals surface area contributed by atoms with E-state index in [1.54, 1.807) is 0 Å². The summed E-state index contributed by atoms with van der Waals surface area (Å²) < 4.78 is 0. The van der Waals surface area contributed by atoms with Gasteiger partial charge in [0.15, 0.2) is 0 Å². The second kappa shape index (κ2) is 7.61. The van der Waals surface area contributed by atoms with Crippen LogP contribution in [0.2, 0.25) is 0 Å². The van der Waals surface area contributed by atoms with Crippen LogP contribution < -0.4 is 5.73 Å². The Balaban J connectivity index is 4.52. The lowest BCUT2D eigenvalue weighted by Crippen LogP contribution is -2.49. The third-order valence-electron chi connectivity index (χ3n) is 3.24. The molecule has 1 amide bonds. The summed E-state index contributed by atoms with van der Waals surface area (Å²) in [5, 5.41) is 0. The minimum Gasteiger partial charge on any atom is -0.393 e. The van der Waals surface area contributed by atoms with Gasteiger partial charge < -0.3 is 10.6 Å². The largest absolute Gasteiger partial charge is 0.393 e. The highest BCUT2D eigenvalue weighted by atomic mass is 32.1. The molecule has 0 saturated heterocycles. The van der Waals surface area contributed by atoms with Crippen molar-refractivity contribution in [2.45, 2.75) is 46.2 Å². The molecule has 0 saturated carbocycles. The molecule has 0 radical (unpaired) electrons. The van der Waals surface area contributed by atoms with E-state index in [1.165, 1.54) is 0 Å². The van der Waals surface area contributed by atoms with Gasteiger partial charge >= 0.3 is 0 Å². The lowest BCUT2D eigenvalue weighted by molar-refractivity contribution is -0.136. The molecule has 0 spiro atoms. The molecule has 2 atom stereocenters. The molecule has 2 unspecified atom stereocenters. The first-order valence-corrected chi connectivity index (χ1v) is 6.54. The summed E-state index contributed by atoms with van der Waals surface area (Å²) in [6.07, 6.45) is 0.641. The molecule has 17 heavy (non-hydrogen) atoms. The third-order valence-corrected chi connectivity index (χ3v) is 3.40. The van der Waals surface area contributed by atoms with Gasteiger partial charge in [0.2, 0.25) is 5.91 Å². The normalized spacial score (nSPS) is 14.5. The fourth-order valence-corrected chi connectivity index (χ4v) is 2.03. The van der Waals surface area contributed by atoms with Gasteiger partial charge in [0, 0.05) is 25.6 Å². The van der Waals surface area contributed by atoms with Gasteiger partial charge in [-0.25, -0.2) is 0 Å². The van der Waals surface area contributed by atoms with Crippen LogP contribution in [0, 0.1) is 0 Å². The number of carbonyl (C=O) groups is 1. The van der Waals surface area contributed by atoms with Crippen LogP contribution in [-0.4, -0.2) is 52.9 Å². The van der Waals surface area contributed by atoms with Gasteiger partial charge in [-0.05, 0) is 34.7 Å². The maximum absolute atomic E-state index is 12.2. The monoisotopic (exact) mass is 259 g/mol. The topological polar surface area (TPSA) is 49.6 Å². The number of thiocarbonyl (C=S) groups is 1. The van der Waals surface area contributed by atoms with Gasteiger partial charge in [-0.15, -0.1) is 0 Å². The zero-order chi connectivity index (χ0) is 13.6. The lowest BCUT2D eigenvalue weighted by Gasteiger charge is -2.33. The van der Waals surface area contributed by atoms with E-state index in [9.17, 15) is 4.79 Å². The van der Waals surface area contributed by atoms with Crippen LogP contribution in [0.3, 0.4) is 0 Å². The maximum Gasteiger partial charge on any atom is 0.239 e. The van der Waals surface area contributed by atoms with Gasteiger partial charge in [-0.2, -0.15) is 0 Å². The van der Waals surface area contributed by atoms with Crippen molar-refractivity contribution in [2.24, 2.45) is 5.73 Å². The lowest BCUT2D eigenvalue weighted by atomic mass is 10.1. The number of nitrogens with zero attached hydrogens (tertiary/aromatic N) is 2. The summed E-state index contributed by atoms with van der Waals surface area (Å²) in [4.78, 5) is 16.5. The molecule has 0 aliphatic rings. The van der Waals surface area contributed by atoms with Crippen molar-refractivity contribution in [1.82, 2.24) is 9.80 Å². The van der Waals surface area contributed by atoms with E-state index in [2.05, 4.69) is 0 Å². The molecule has 0 aliphatic carbocycles. The molecule has 4 nitrogen and oxygen atoms in total. The van der Waals surface area contributed by atoms with Crippen LogP contribution in [0.25, 0.3) is 0 Å². The van der Waals surface area contributed by atoms with Crippen LogP contribution in [0.1, 0.15) is 34.1 Å². The molecule has 0 aromatic carbocycles. The number of carbonyl (C=O) groups excluding carboxylic acids is 1. The fraction of sp³-hybridized carbons (Fsp3) is 0.833. The molecule has 0 heterocycles. The molecule has 100 valence electrons. The Hall–Kier alpha value is -0.680. The quantitative estimate of drug-likeness (QED) is 0.699. The van der Waals surface area contributed by atoms with Crippen molar-refractivity contribution in [3.8, 4) is 0 Å². The van der Waals surface area contributed by atoms with Crippen molar-refractivity contribution >= 4 is 23.1 Å². The van der Waals surface area contributed by atoms with E-state index in [0.29, 0.717) is 11.4 Å². The molecule has 5 heteroatoms. The first-order valence-electron chi connectivity index (χ1n) is 6.14. The predicted octanol–water partition coefficient (Wildman–Crippen LogP) is 1.24. The summed E-state index contributed by atoms with van der Waals surface area (Å²) >= 11 is 4.90. The van der Waals surface area contributed by atoms with Crippen molar-refractivity contribution in [3.05, 3.63) is 0 Å². The van der Waals surface area contributed by atoms with Crippen LogP contribution in [0.4, 0.5) is 0 Å². The number of hydrogen-bond donors (Lipinski definition) is 1. The molecule has 0 fully saturated rings. The SMILES string of the molecule is CCN(CC)C(=O)C(C)N(C)C(C)CC(N)=S. The smallest absolute Gasteiger partial charge is 0.239 e. The first kappa shape index (κ1) is 16.3. The van der Waals surface area contributed by atoms with Crippen LogP contribution in [0.15, 0.2) is 0 Å². The Morgan fingerprint density at radius 3 is 2.12 bits per heavy atom. The van der Waals surface area contributed by atoms with Crippen molar-refractivity contribution in [3.63, 3.8) is 0 Å². The van der Waals surface area contributed by atoms with Gasteiger partial charge in [0.1, 0.15) is 0 Å². The average Bonchev–Trinajstić information content (AvgIpc) is 2.27. The minimum atomic E-state index is -0.140. The summed E-state index contributed by atoms with van der Waals surface area (Å²) in [5.41, 5.74) is 5.53. The Morgan fingerprint density at radius 2 is 1.76 bits per heavy atom. The van der Waals surface area contributed by atoms with Crippen molar-refractivity contribution in [1.29, 1.82) is 0 Å². The van der Waals surface area contributed by atoms with E-state index in [0.717, 1.165) is 13.1 Å². The first-order chi connectivity index (χ1) is 7.84. The van der Waals surface area contributed by atoms with E-state index in [4.69, 9.17) is 18.0 Å². The van der Waals surface area contributed by atoms with E-state index < -0.39 is 0 Å². The van der Waals surface area contributed by atoms with Gasteiger partial charge in [0.05, 0.1) is 11.0 Å². The molecular formula is C12H25N3OS. The maximum atomic E-state index is 12.2. The highest BCUT2D eigenvalue weighted by Gasteiger charge is 2.25. The summed E-state index contributed by atoms with van der Waals surface area (Å²) in [6, 6.07) is 0.0428. The molecule has 2 N–H and O–H groups in total. The molecule has 0 aromatic rings. The average molecular weight is 259 g/mol.